The number of carbonyl (C=O) groups excluding carboxylic acids is 1. The van der Waals surface area contributed by atoms with E-state index < -0.39 is 0 Å². The highest BCUT2D eigenvalue weighted by atomic mass is 79.9. The van der Waals surface area contributed by atoms with Crippen LogP contribution in [0.25, 0.3) is 0 Å². The van der Waals surface area contributed by atoms with E-state index >= 15 is 0 Å². The van der Waals surface area contributed by atoms with Gasteiger partial charge in [0.2, 0.25) is 5.91 Å². The summed E-state index contributed by atoms with van der Waals surface area (Å²) in [6, 6.07) is 7.59. The number of hydrogen-bond acceptors (Lipinski definition) is 2. The van der Waals surface area contributed by atoms with Gasteiger partial charge in [-0.05, 0) is 18.2 Å². The van der Waals surface area contributed by atoms with Crippen LogP contribution in [0.15, 0.2) is 33.7 Å². The Morgan fingerprint density at radius 1 is 1.36 bits per heavy atom. The van der Waals surface area contributed by atoms with Crippen LogP contribution in [0.2, 0.25) is 0 Å². The fourth-order valence-corrected chi connectivity index (χ4v) is 1.54. The van der Waals surface area contributed by atoms with Crippen LogP contribution >= 0.6 is 15.9 Å². The van der Waals surface area contributed by atoms with Crippen LogP contribution in [0.5, 0.6) is 0 Å². The largest absolute Gasteiger partial charge is 0.285 e. The molecule has 0 spiro atoms. The molecule has 2 rings (SSSR count). The van der Waals surface area contributed by atoms with Crippen LogP contribution in [-0.2, 0) is 4.79 Å². The van der Waals surface area contributed by atoms with Gasteiger partial charge in [-0.3, -0.25) is 15.6 Å². The Kier molecular flexibility index (Phi) is 2.49. The van der Waals surface area contributed by atoms with Crippen molar-refractivity contribution in [2.24, 2.45) is 4.99 Å². The summed E-state index contributed by atoms with van der Waals surface area (Å²) in [6.45, 7) is 0. The molecule has 0 aromatic heterocycles. The second kappa shape index (κ2) is 3.79. The summed E-state index contributed by atoms with van der Waals surface area (Å²) in [5.41, 5.74) is 6.00. The molecule has 0 unspecified atom stereocenters. The van der Waals surface area contributed by atoms with Crippen LogP contribution in [0, 0.1) is 0 Å². The molecule has 2 N–H and O–H groups in total. The summed E-state index contributed by atoms with van der Waals surface area (Å²) < 4.78 is 0.969. The number of amidine groups is 1. The van der Waals surface area contributed by atoms with Crippen molar-refractivity contribution in [3.8, 4) is 0 Å². The first-order chi connectivity index (χ1) is 6.74. The second-order valence-corrected chi connectivity index (χ2v) is 3.80. The number of amides is 1. The predicted octanol–water partition coefficient (Wildman–Crippen LogP) is 1.50. The minimum Gasteiger partial charge on any atom is -0.285 e. The summed E-state index contributed by atoms with van der Waals surface area (Å²) in [5.74, 6) is 0.590. The molecule has 0 radical (unpaired) electrons. The van der Waals surface area contributed by atoms with Gasteiger partial charge in [-0.25, -0.2) is 4.99 Å². The quantitative estimate of drug-likeness (QED) is 0.798. The maximum atomic E-state index is 10.8. The molecule has 0 saturated carbocycles. The van der Waals surface area contributed by atoms with Gasteiger partial charge in [0.05, 0.1) is 12.1 Å². The molecular formula is C9H8BrN3O. The number of carbonyl (C=O) groups is 1. The maximum absolute atomic E-state index is 10.8. The van der Waals surface area contributed by atoms with Gasteiger partial charge in [0.15, 0.2) is 0 Å². The maximum Gasteiger partial charge on any atom is 0.245 e. The van der Waals surface area contributed by atoms with E-state index in [4.69, 9.17) is 0 Å². The van der Waals surface area contributed by atoms with E-state index in [1.165, 1.54) is 0 Å². The average Bonchev–Trinajstić information content (AvgIpc) is 2.51. The molecule has 1 aliphatic heterocycles. The molecule has 1 saturated heterocycles. The third-order valence-corrected chi connectivity index (χ3v) is 2.24. The molecule has 1 heterocycles. The first kappa shape index (κ1) is 9.21. The van der Waals surface area contributed by atoms with Gasteiger partial charge in [-0.1, -0.05) is 22.0 Å². The number of benzene rings is 1. The van der Waals surface area contributed by atoms with Gasteiger partial charge in [0.25, 0.3) is 0 Å². The third-order valence-electron chi connectivity index (χ3n) is 1.75. The van der Waals surface area contributed by atoms with Crippen LogP contribution in [0.4, 0.5) is 5.69 Å². The number of hydrogen-bond donors (Lipinski definition) is 2. The Morgan fingerprint density at radius 2 is 2.21 bits per heavy atom. The fourth-order valence-electron chi connectivity index (χ4n) is 1.15. The molecule has 1 aliphatic rings. The van der Waals surface area contributed by atoms with Crippen molar-refractivity contribution in [3.05, 3.63) is 28.7 Å². The zero-order valence-electron chi connectivity index (χ0n) is 7.25. The Labute approximate surface area is 89.5 Å². The summed E-state index contributed by atoms with van der Waals surface area (Å²) in [4.78, 5) is 15.1. The van der Waals surface area contributed by atoms with Gasteiger partial charge < -0.3 is 0 Å². The van der Waals surface area contributed by atoms with Gasteiger partial charge in [0.1, 0.15) is 5.84 Å². The normalized spacial score (nSPS) is 18.1. The molecule has 14 heavy (non-hydrogen) atoms. The summed E-state index contributed by atoms with van der Waals surface area (Å²) in [7, 11) is 0. The number of halogens is 1. The smallest absolute Gasteiger partial charge is 0.245 e. The number of aliphatic imine (C=N–C) groups is 1. The second-order valence-electron chi connectivity index (χ2n) is 2.89. The lowest BCUT2D eigenvalue weighted by Gasteiger charge is -1.97. The molecule has 1 fully saturated rings. The van der Waals surface area contributed by atoms with E-state index in [1.54, 1.807) is 0 Å². The molecule has 1 aromatic carbocycles. The highest BCUT2D eigenvalue weighted by Gasteiger charge is 2.14. The highest BCUT2D eigenvalue weighted by molar-refractivity contribution is 9.10. The molecule has 5 heteroatoms. The lowest BCUT2D eigenvalue weighted by molar-refractivity contribution is -0.119. The molecule has 0 bridgehead atoms. The molecule has 0 aliphatic carbocycles. The molecular weight excluding hydrogens is 246 g/mol. The average molecular weight is 254 g/mol. The van der Waals surface area contributed by atoms with Crippen LogP contribution in [0.1, 0.15) is 6.42 Å². The van der Waals surface area contributed by atoms with Gasteiger partial charge in [-0.15, -0.1) is 0 Å². The van der Waals surface area contributed by atoms with Crippen LogP contribution in [-0.4, -0.2) is 11.7 Å². The van der Waals surface area contributed by atoms with Gasteiger partial charge >= 0.3 is 0 Å². The van der Waals surface area contributed by atoms with Crippen molar-refractivity contribution < 1.29 is 4.79 Å². The zero-order valence-corrected chi connectivity index (χ0v) is 8.84. The first-order valence-electron chi connectivity index (χ1n) is 4.12. The monoisotopic (exact) mass is 253 g/mol. The Morgan fingerprint density at radius 3 is 2.86 bits per heavy atom. The third kappa shape index (κ3) is 2.11. The Bertz CT molecular complexity index is 403. The van der Waals surface area contributed by atoms with Crippen LogP contribution in [0.3, 0.4) is 0 Å². The Hall–Kier alpha value is -1.36. The van der Waals surface area contributed by atoms with Crippen molar-refractivity contribution in [2.75, 3.05) is 0 Å². The number of hydrazine groups is 1. The number of nitrogens with one attached hydrogen (secondary N) is 2. The lowest BCUT2D eigenvalue weighted by atomic mass is 10.3. The van der Waals surface area contributed by atoms with Crippen molar-refractivity contribution in [1.82, 2.24) is 10.9 Å². The van der Waals surface area contributed by atoms with E-state index in [9.17, 15) is 4.79 Å². The molecule has 1 amide bonds. The Balaban J connectivity index is 2.21. The standard InChI is InChI=1S/C9H8BrN3O/c10-6-2-1-3-7(4-6)11-8-5-9(14)13-12-8/h1-4H,5H2,(H,11,12)(H,13,14). The molecule has 72 valence electrons. The van der Waals surface area contributed by atoms with Crippen LogP contribution < -0.4 is 10.9 Å². The SMILES string of the molecule is O=C1CC(=Nc2cccc(Br)c2)NN1. The lowest BCUT2D eigenvalue weighted by Crippen LogP contribution is -2.28. The van der Waals surface area contributed by atoms with Crippen molar-refractivity contribution >= 4 is 33.4 Å². The summed E-state index contributed by atoms with van der Waals surface area (Å²) >= 11 is 3.35. The fraction of sp³-hybridized carbons (Fsp3) is 0.111. The molecule has 0 atom stereocenters. The number of nitrogens with zero attached hydrogens (tertiary/aromatic N) is 1. The summed E-state index contributed by atoms with van der Waals surface area (Å²) in [6.07, 6.45) is 0.312. The van der Waals surface area contributed by atoms with Crippen molar-refractivity contribution in [2.45, 2.75) is 6.42 Å². The number of rotatable bonds is 1. The highest BCUT2D eigenvalue weighted by Crippen LogP contribution is 2.18. The van der Waals surface area contributed by atoms with E-state index in [0.717, 1.165) is 10.2 Å². The minimum atomic E-state index is -0.0567. The van der Waals surface area contributed by atoms with E-state index in [0.29, 0.717) is 12.3 Å². The molecule has 1 aromatic rings. The topological polar surface area (TPSA) is 53.5 Å². The van der Waals surface area contributed by atoms with Gasteiger partial charge in [0, 0.05) is 4.47 Å². The van der Waals surface area contributed by atoms with E-state index in [1.807, 2.05) is 24.3 Å². The van der Waals surface area contributed by atoms with E-state index in [2.05, 4.69) is 31.8 Å². The van der Waals surface area contributed by atoms with Crippen molar-refractivity contribution in [1.29, 1.82) is 0 Å². The predicted molar refractivity (Wildman–Crippen MR) is 57.1 cm³/mol. The summed E-state index contributed by atoms with van der Waals surface area (Å²) in [5, 5.41) is 0. The molecule has 4 nitrogen and oxygen atoms in total. The zero-order chi connectivity index (χ0) is 9.97. The van der Waals surface area contributed by atoms with E-state index in [-0.39, 0.29) is 5.91 Å². The van der Waals surface area contributed by atoms with Crippen molar-refractivity contribution in [3.63, 3.8) is 0 Å². The minimum absolute atomic E-state index is 0.0567. The first-order valence-corrected chi connectivity index (χ1v) is 4.91. The van der Waals surface area contributed by atoms with Gasteiger partial charge in [-0.2, -0.15) is 0 Å².